The molecular weight excluding hydrogens is 322 g/mol. The molecule has 24 heavy (non-hydrogen) atoms. The Balaban J connectivity index is 2.46. The van der Waals surface area contributed by atoms with Crippen molar-refractivity contribution in [3.8, 4) is 0 Å². The molecule has 0 aliphatic carbocycles. The van der Waals surface area contributed by atoms with Gasteiger partial charge in [0.2, 0.25) is 0 Å². The zero-order valence-corrected chi connectivity index (χ0v) is 15.5. The summed E-state index contributed by atoms with van der Waals surface area (Å²) in [5.41, 5.74) is 2.80. The molecule has 6 heteroatoms. The van der Waals surface area contributed by atoms with Crippen molar-refractivity contribution in [3.63, 3.8) is 0 Å². The summed E-state index contributed by atoms with van der Waals surface area (Å²) >= 11 is 0. The third-order valence-corrected chi connectivity index (χ3v) is 4.87. The zero-order chi connectivity index (χ0) is 17.9. The molecule has 0 aliphatic heterocycles. The van der Waals surface area contributed by atoms with E-state index < -0.39 is 10.0 Å². The molecule has 0 aromatic heterocycles. The number of hydrogen-bond acceptors (Lipinski definition) is 3. The molecular formula is C18H23N3O2S. The van der Waals surface area contributed by atoms with Gasteiger partial charge in [-0.15, -0.1) is 4.40 Å². The van der Waals surface area contributed by atoms with E-state index in [1.165, 1.54) is 0 Å². The Hall–Kier alpha value is -2.34. The summed E-state index contributed by atoms with van der Waals surface area (Å²) in [6.07, 6.45) is 0. The SMILES string of the molecule is Cc1ccc(S(=O)(=O)/N=C(/c2ccc(N(C)C)cc2)N(C)C)cc1. The van der Waals surface area contributed by atoms with Gasteiger partial charge in [-0.2, -0.15) is 8.42 Å². The molecule has 0 atom stereocenters. The number of nitrogens with zero attached hydrogens (tertiary/aromatic N) is 3. The van der Waals surface area contributed by atoms with Gasteiger partial charge in [0.15, 0.2) is 0 Å². The maximum absolute atomic E-state index is 12.6. The summed E-state index contributed by atoms with van der Waals surface area (Å²) in [6.45, 7) is 1.91. The lowest BCUT2D eigenvalue weighted by Crippen LogP contribution is -2.24. The van der Waals surface area contributed by atoms with Crippen LogP contribution >= 0.6 is 0 Å². The second kappa shape index (κ2) is 7.05. The molecule has 0 saturated carbocycles. The molecule has 0 aliphatic rings. The average molecular weight is 345 g/mol. The minimum Gasteiger partial charge on any atom is -0.378 e. The Morgan fingerprint density at radius 2 is 1.42 bits per heavy atom. The van der Waals surface area contributed by atoms with Gasteiger partial charge < -0.3 is 9.80 Å². The van der Waals surface area contributed by atoms with Crippen molar-refractivity contribution >= 4 is 21.5 Å². The molecule has 0 unspecified atom stereocenters. The highest BCUT2D eigenvalue weighted by molar-refractivity contribution is 7.90. The summed E-state index contributed by atoms with van der Waals surface area (Å²) in [6, 6.07) is 14.3. The normalized spacial score (nSPS) is 12.1. The van der Waals surface area contributed by atoms with Crippen LogP contribution in [0, 0.1) is 6.92 Å². The van der Waals surface area contributed by atoms with E-state index in [1.54, 1.807) is 43.3 Å². The van der Waals surface area contributed by atoms with E-state index in [4.69, 9.17) is 0 Å². The van der Waals surface area contributed by atoms with Gasteiger partial charge in [-0.05, 0) is 43.3 Å². The van der Waals surface area contributed by atoms with E-state index >= 15 is 0 Å². The molecule has 2 aromatic carbocycles. The fourth-order valence-corrected chi connectivity index (χ4v) is 3.26. The van der Waals surface area contributed by atoms with Gasteiger partial charge in [-0.1, -0.05) is 17.7 Å². The first kappa shape index (κ1) is 18.0. The summed E-state index contributed by atoms with van der Waals surface area (Å²) in [7, 11) is 3.71. The van der Waals surface area contributed by atoms with E-state index in [0.717, 1.165) is 16.8 Å². The van der Waals surface area contributed by atoms with E-state index in [-0.39, 0.29) is 4.90 Å². The topological polar surface area (TPSA) is 53.0 Å². The maximum atomic E-state index is 12.6. The van der Waals surface area contributed by atoms with Gasteiger partial charge in [0, 0.05) is 39.4 Å². The van der Waals surface area contributed by atoms with Gasteiger partial charge in [0.1, 0.15) is 5.84 Å². The maximum Gasteiger partial charge on any atom is 0.284 e. The van der Waals surface area contributed by atoms with Crippen molar-refractivity contribution in [1.82, 2.24) is 4.90 Å². The molecule has 0 heterocycles. The van der Waals surface area contributed by atoms with Crippen LogP contribution in [-0.4, -0.2) is 47.3 Å². The third-order valence-electron chi connectivity index (χ3n) is 3.59. The minimum atomic E-state index is -3.76. The van der Waals surface area contributed by atoms with Crippen LogP contribution in [0.25, 0.3) is 0 Å². The first-order chi connectivity index (χ1) is 11.2. The number of benzene rings is 2. The Morgan fingerprint density at radius 1 is 0.875 bits per heavy atom. The molecule has 5 nitrogen and oxygen atoms in total. The lowest BCUT2D eigenvalue weighted by atomic mass is 10.2. The van der Waals surface area contributed by atoms with Crippen LogP contribution in [0.15, 0.2) is 57.8 Å². The van der Waals surface area contributed by atoms with Gasteiger partial charge in [-0.3, -0.25) is 0 Å². The molecule has 2 aromatic rings. The molecule has 128 valence electrons. The molecule has 0 fully saturated rings. The van der Waals surface area contributed by atoms with E-state index in [1.807, 2.05) is 50.2 Å². The highest BCUT2D eigenvalue weighted by Crippen LogP contribution is 2.18. The fraction of sp³-hybridized carbons (Fsp3) is 0.278. The number of amidine groups is 1. The number of aryl methyl sites for hydroxylation is 1. The summed E-state index contributed by atoms with van der Waals surface area (Å²) < 4.78 is 29.2. The summed E-state index contributed by atoms with van der Waals surface area (Å²) in [5, 5.41) is 0. The molecule has 0 N–H and O–H groups in total. The smallest absolute Gasteiger partial charge is 0.284 e. The first-order valence-electron chi connectivity index (χ1n) is 7.57. The van der Waals surface area contributed by atoms with Crippen molar-refractivity contribution in [3.05, 3.63) is 59.7 Å². The quantitative estimate of drug-likeness (QED) is 0.632. The van der Waals surface area contributed by atoms with Crippen LogP contribution in [0.3, 0.4) is 0 Å². The fourth-order valence-electron chi connectivity index (χ4n) is 2.18. The third kappa shape index (κ3) is 4.14. The Labute approximate surface area is 144 Å². The lowest BCUT2D eigenvalue weighted by Gasteiger charge is -2.18. The van der Waals surface area contributed by atoms with Crippen molar-refractivity contribution in [2.75, 3.05) is 33.1 Å². The minimum absolute atomic E-state index is 0.192. The highest BCUT2D eigenvalue weighted by Gasteiger charge is 2.16. The lowest BCUT2D eigenvalue weighted by molar-refractivity contribution is 0.592. The Bertz CT molecular complexity index is 822. The van der Waals surface area contributed by atoms with Gasteiger partial charge in [0.05, 0.1) is 4.90 Å². The van der Waals surface area contributed by atoms with Crippen LogP contribution < -0.4 is 4.90 Å². The van der Waals surface area contributed by atoms with E-state index in [2.05, 4.69) is 4.40 Å². The van der Waals surface area contributed by atoms with Crippen LogP contribution in [0.4, 0.5) is 5.69 Å². The van der Waals surface area contributed by atoms with Gasteiger partial charge in [-0.25, -0.2) is 0 Å². The van der Waals surface area contributed by atoms with Gasteiger partial charge >= 0.3 is 0 Å². The van der Waals surface area contributed by atoms with Crippen LogP contribution in [0.5, 0.6) is 0 Å². The molecule has 0 saturated heterocycles. The largest absolute Gasteiger partial charge is 0.378 e. The Kier molecular flexibility index (Phi) is 5.29. The second-order valence-corrected chi connectivity index (χ2v) is 7.64. The summed E-state index contributed by atoms with van der Waals surface area (Å²) in [4.78, 5) is 3.88. The number of rotatable bonds is 4. The van der Waals surface area contributed by atoms with E-state index in [9.17, 15) is 8.42 Å². The van der Waals surface area contributed by atoms with Crippen LogP contribution in [0.1, 0.15) is 11.1 Å². The molecule has 2 rings (SSSR count). The highest BCUT2D eigenvalue weighted by atomic mass is 32.2. The predicted molar refractivity (Wildman–Crippen MR) is 99.4 cm³/mol. The zero-order valence-electron chi connectivity index (χ0n) is 14.7. The number of hydrogen-bond donors (Lipinski definition) is 0. The van der Waals surface area contributed by atoms with Crippen molar-refractivity contribution in [2.45, 2.75) is 11.8 Å². The summed E-state index contributed by atoms with van der Waals surface area (Å²) in [5.74, 6) is 0.404. The standard InChI is InChI=1S/C18H23N3O2S/c1-14-6-12-17(13-7-14)24(22,23)19-18(21(4)5)15-8-10-16(11-9-15)20(2)3/h6-13H,1-5H3/b19-18-. The molecule has 0 radical (unpaired) electrons. The van der Waals surface area contributed by atoms with Gasteiger partial charge in [0.25, 0.3) is 10.0 Å². The van der Waals surface area contributed by atoms with Crippen molar-refractivity contribution in [1.29, 1.82) is 0 Å². The molecule has 0 bridgehead atoms. The number of sulfonamides is 1. The van der Waals surface area contributed by atoms with E-state index in [0.29, 0.717) is 5.84 Å². The second-order valence-electron chi connectivity index (χ2n) is 6.04. The average Bonchev–Trinajstić information content (AvgIpc) is 2.53. The molecule has 0 spiro atoms. The Morgan fingerprint density at radius 3 is 1.88 bits per heavy atom. The van der Waals surface area contributed by atoms with Crippen molar-refractivity contribution in [2.24, 2.45) is 4.40 Å². The predicted octanol–water partition coefficient (Wildman–Crippen LogP) is 2.76. The first-order valence-corrected chi connectivity index (χ1v) is 9.01. The molecule has 0 amide bonds. The van der Waals surface area contributed by atoms with Crippen molar-refractivity contribution < 1.29 is 8.42 Å². The van der Waals surface area contributed by atoms with Crippen LogP contribution in [0.2, 0.25) is 0 Å². The number of anilines is 1. The van der Waals surface area contributed by atoms with Crippen LogP contribution in [-0.2, 0) is 10.0 Å². The monoisotopic (exact) mass is 345 g/mol.